The van der Waals surface area contributed by atoms with Gasteiger partial charge in [0.25, 0.3) is 5.91 Å². The Bertz CT molecular complexity index is 767. The van der Waals surface area contributed by atoms with Crippen molar-refractivity contribution in [3.05, 3.63) is 45.2 Å². The van der Waals surface area contributed by atoms with Crippen LogP contribution in [0.4, 0.5) is 5.69 Å². The maximum atomic E-state index is 11.9. The van der Waals surface area contributed by atoms with Crippen LogP contribution in [0.5, 0.6) is 0 Å². The second-order valence-electron chi connectivity index (χ2n) is 5.26. The average molecular weight is 370 g/mol. The third-order valence-corrected chi connectivity index (χ3v) is 4.23. The Balaban J connectivity index is 1.91. The van der Waals surface area contributed by atoms with Crippen molar-refractivity contribution in [2.45, 2.75) is 20.3 Å². The second-order valence-corrected chi connectivity index (χ2v) is 6.07. The van der Waals surface area contributed by atoms with Crippen LogP contribution in [0.2, 0.25) is 10.0 Å². The SMILES string of the molecule is Cc1nn(C)c(C)c1NC(=O)COC(=O)Cc1c(Cl)cccc1Cl. The standard InChI is InChI=1S/C16H17Cl2N3O3/c1-9-16(10(2)21(3)20-9)19-14(22)8-24-15(23)7-11-12(17)5-4-6-13(11)18/h4-6H,7-8H2,1-3H3,(H,19,22). The zero-order chi connectivity index (χ0) is 17.9. The summed E-state index contributed by atoms with van der Waals surface area (Å²) in [4.78, 5) is 23.8. The molecule has 0 bridgehead atoms. The first-order chi connectivity index (χ1) is 11.3. The van der Waals surface area contributed by atoms with E-state index in [4.69, 9.17) is 27.9 Å². The Kier molecular flexibility index (Phi) is 5.85. The zero-order valence-electron chi connectivity index (χ0n) is 13.5. The van der Waals surface area contributed by atoms with E-state index in [0.29, 0.717) is 27.0 Å². The highest BCUT2D eigenvalue weighted by Gasteiger charge is 2.16. The minimum atomic E-state index is -0.584. The number of esters is 1. The molecule has 1 amide bonds. The van der Waals surface area contributed by atoms with E-state index in [-0.39, 0.29) is 6.42 Å². The molecule has 0 spiro atoms. The van der Waals surface area contributed by atoms with Crippen molar-refractivity contribution >= 4 is 40.8 Å². The molecule has 6 nitrogen and oxygen atoms in total. The number of aromatic nitrogens is 2. The van der Waals surface area contributed by atoms with Crippen LogP contribution in [0.3, 0.4) is 0 Å². The lowest BCUT2D eigenvalue weighted by Crippen LogP contribution is -2.22. The molecule has 1 aromatic carbocycles. The fourth-order valence-electron chi connectivity index (χ4n) is 2.17. The van der Waals surface area contributed by atoms with E-state index in [0.717, 1.165) is 5.69 Å². The van der Waals surface area contributed by atoms with Gasteiger partial charge < -0.3 is 10.1 Å². The smallest absolute Gasteiger partial charge is 0.310 e. The number of nitrogens with zero attached hydrogens (tertiary/aromatic N) is 2. The number of ether oxygens (including phenoxy) is 1. The van der Waals surface area contributed by atoms with Crippen molar-refractivity contribution in [3.8, 4) is 0 Å². The van der Waals surface area contributed by atoms with Crippen LogP contribution < -0.4 is 5.32 Å². The lowest BCUT2D eigenvalue weighted by molar-refractivity contribution is -0.146. The van der Waals surface area contributed by atoms with Crippen LogP contribution in [-0.2, 0) is 27.8 Å². The van der Waals surface area contributed by atoms with Crippen molar-refractivity contribution in [1.29, 1.82) is 0 Å². The Labute approximate surface area is 149 Å². The second kappa shape index (κ2) is 7.68. The summed E-state index contributed by atoms with van der Waals surface area (Å²) in [7, 11) is 1.78. The first-order valence-corrected chi connectivity index (χ1v) is 7.93. The normalized spacial score (nSPS) is 10.5. The average Bonchev–Trinajstić information content (AvgIpc) is 2.75. The van der Waals surface area contributed by atoms with Crippen LogP contribution in [0.1, 0.15) is 17.0 Å². The quantitative estimate of drug-likeness (QED) is 0.821. The lowest BCUT2D eigenvalue weighted by Gasteiger charge is -2.08. The van der Waals surface area contributed by atoms with Gasteiger partial charge in [0, 0.05) is 22.7 Å². The summed E-state index contributed by atoms with van der Waals surface area (Å²) in [5.74, 6) is -1.02. The highest BCUT2D eigenvalue weighted by Crippen LogP contribution is 2.25. The molecule has 24 heavy (non-hydrogen) atoms. The number of amides is 1. The first-order valence-electron chi connectivity index (χ1n) is 7.18. The molecule has 0 atom stereocenters. The van der Waals surface area contributed by atoms with Gasteiger partial charge in [0.05, 0.1) is 23.5 Å². The zero-order valence-corrected chi connectivity index (χ0v) is 15.0. The van der Waals surface area contributed by atoms with Gasteiger partial charge in [-0.2, -0.15) is 5.10 Å². The topological polar surface area (TPSA) is 73.2 Å². The maximum absolute atomic E-state index is 11.9. The molecule has 0 radical (unpaired) electrons. The molecule has 2 aromatic rings. The summed E-state index contributed by atoms with van der Waals surface area (Å²) in [6.45, 7) is 3.23. The van der Waals surface area contributed by atoms with Crippen molar-refractivity contribution in [3.63, 3.8) is 0 Å². The summed E-state index contributed by atoms with van der Waals surface area (Å²) in [5.41, 5.74) is 2.60. The van der Waals surface area contributed by atoms with E-state index in [2.05, 4.69) is 10.4 Å². The number of halogens is 2. The molecule has 0 unspecified atom stereocenters. The predicted molar refractivity (Wildman–Crippen MR) is 92.4 cm³/mol. The number of aryl methyl sites for hydroxylation is 2. The van der Waals surface area contributed by atoms with E-state index in [1.165, 1.54) is 0 Å². The van der Waals surface area contributed by atoms with Crippen molar-refractivity contribution in [2.75, 3.05) is 11.9 Å². The molecule has 2 rings (SSSR count). The van der Waals surface area contributed by atoms with Gasteiger partial charge in [0.1, 0.15) is 0 Å². The summed E-state index contributed by atoms with van der Waals surface area (Å²) in [5, 5.41) is 7.65. The van der Waals surface area contributed by atoms with Gasteiger partial charge in [-0.15, -0.1) is 0 Å². The lowest BCUT2D eigenvalue weighted by atomic mass is 10.1. The number of hydrogen-bond donors (Lipinski definition) is 1. The third-order valence-electron chi connectivity index (χ3n) is 3.52. The molecular formula is C16H17Cl2N3O3. The van der Waals surface area contributed by atoms with Gasteiger partial charge in [0.2, 0.25) is 0 Å². The van der Waals surface area contributed by atoms with Crippen LogP contribution in [-0.4, -0.2) is 28.3 Å². The van der Waals surface area contributed by atoms with Crippen LogP contribution >= 0.6 is 23.2 Å². The first kappa shape index (κ1) is 18.3. The van der Waals surface area contributed by atoms with Crippen molar-refractivity contribution in [2.24, 2.45) is 7.05 Å². The number of rotatable bonds is 5. The summed E-state index contributed by atoms with van der Waals surface area (Å²) >= 11 is 12.0. The molecule has 0 aliphatic carbocycles. The van der Waals surface area contributed by atoms with Crippen LogP contribution in [0.15, 0.2) is 18.2 Å². The highest BCUT2D eigenvalue weighted by molar-refractivity contribution is 6.36. The number of carbonyl (C=O) groups is 2. The molecule has 128 valence electrons. The Morgan fingerprint density at radius 2 is 1.88 bits per heavy atom. The van der Waals surface area contributed by atoms with Gasteiger partial charge in [0.15, 0.2) is 6.61 Å². The highest BCUT2D eigenvalue weighted by atomic mass is 35.5. The Morgan fingerprint density at radius 3 is 2.42 bits per heavy atom. The van der Waals surface area contributed by atoms with Gasteiger partial charge >= 0.3 is 5.97 Å². The summed E-state index contributed by atoms with van der Waals surface area (Å²) in [6.07, 6.45) is -0.100. The number of benzene rings is 1. The van der Waals surface area contributed by atoms with Gasteiger partial charge in [-0.1, -0.05) is 29.3 Å². The number of nitrogens with one attached hydrogen (secondary N) is 1. The molecular weight excluding hydrogens is 353 g/mol. The van der Waals surface area contributed by atoms with Crippen LogP contribution in [0.25, 0.3) is 0 Å². The van der Waals surface area contributed by atoms with E-state index >= 15 is 0 Å². The molecule has 1 N–H and O–H groups in total. The van der Waals surface area contributed by atoms with Gasteiger partial charge in [-0.3, -0.25) is 14.3 Å². The minimum Gasteiger partial charge on any atom is -0.455 e. The van der Waals surface area contributed by atoms with Crippen molar-refractivity contribution in [1.82, 2.24) is 9.78 Å². The Morgan fingerprint density at radius 1 is 1.25 bits per heavy atom. The molecule has 0 aliphatic heterocycles. The van der Waals surface area contributed by atoms with E-state index in [9.17, 15) is 9.59 Å². The number of carbonyl (C=O) groups excluding carboxylic acids is 2. The van der Waals surface area contributed by atoms with Crippen LogP contribution in [0, 0.1) is 13.8 Å². The summed E-state index contributed by atoms with van der Waals surface area (Å²) in [6, 6.07) is 4.96. The van der Waals surface area contributed by atoms with E-state index < -0.39 is 18.5 Å². The number of anilines is 1. The maximum Gasteiger partial charge on any atom is 0.310 e. The molecule has 8 heteroatoms. The monoisotopic (exact) mass is 369 g/mol. The largest absolute Gasteiger partial charge is 0.455 e. The van der Waals surface area contributed by atoms with Gasteiger partial charge in [-0.25, -0.2) is 0 Å². The molecule has 1 heterocycles. The Hall–Kier alpha value is -2.05. The molecule has 0 saturated heterocycles. The third kappa shape index (κ3) is 4.27. The molecule has 0 aliphatic rings. The van der Waals surface area contributed by atoms with E-state index in [1.54, 1.807) is 36.9 Å². The van der Waals surface area contributed by atoms with Crippen molar-refractivity contribution < 1.29 is 14.3 Å². The van der Waals surface area contributed by atoms with E-state index in [1.807, 2.05) is 6.92 Å². The molecule has 0 fully saturated rings. The fraction of sp³-hybridized carbons (Fsp3) is 0.312. The van der Waals surface area contributed by atoms with Gasteiger partial charge in [-0.05, 0) is 26.0 Å². The minimum absolute atomic E-state index is 0.100. The molecule has 0 saturated carbocycles. The molecule has 1 aromatic heterocycles. The summed E-state index contributed by atoms with van der Waals surface area (Å²) < 4.78 is 6.64. The predicted octanol–water partition coefficient (Wildman–Crippen LogP) is 3.07. The fourth-order valence-corrected chi connectivity index (χ4v) is 2.70. The number of hydrogen-bond acceptors (Lipinski definition) is 4.